The molecule has 0 bridgehead atoms. The molecule has 1 amide bonds. The Hall–Kier alpha value is -2.10. The molecule has 2 heterocycles. The van der Waals surface area contributed by atoms with Crippen molar-refractivity contribution in [1.29, 1.82) is 0 Å². The number of hydrogen-bond donors (Lipinski definition) is 1. The van der Waals surface area contributed by atoms with Gasteiger partial charge in [0.2, 0.25) is 0 Å². The lowest BCUT2D eigenvalue weighted by molar-refractivity contribution is -0.126. The van der Waals surface area contributed by atoms with Crippen molar-refractivity contribution in [3.05, 3.63) is 16.8 Å². The lowest BCUT2D eigenvalue weighted by Gasteiger charge is -2.27. The molecule has 1 fully saturated rings. The van der Waals surface area contributed by atoms with E-state index in [-0.39, 0.29) is 17.0 Å². The second-order valence-corrected chi connectivity index (χ2v) is 10.1. The minimum absolute atomic E-state index is 0.0199. The molecule has 2 aromatic heterocycles. The van der Waals surface area contributed by atoms with E-state index < -0.39 is 24.3 Å². The van der Waals surface area contributed by atoms with Crippen LogP contribution in [0.4, 0.5) is 23.8 Å². The van der Waals surface area contributed by atoms with Gasteiger partial charge in [-0.25, -0.2) is 14.8 Å². The molecule has 1 aliphatic rings. The average molecular weight is 459 g/mol. The fourth-order valence-electron chi connectivity index (χ4n) is 3.80. The molecule has 1 saturated carbocycles. The third-order valence-electron chi connectivity index (χ3n) is 5.17. The number of nitrogens with one attached hydrogen (secondary N) is 1. The molecule has 31 heavy (non-hydrogen) atoms. The van der Waals surface area contributed by atoms with Gasteiger partial charge >= 0.3 is 12.3 Å². The number of anilines is 1. The van der Waals surface area contributed by atoms with Crippen LogP contribution in [-0.4, -0.2) is 47.0 Å². The number of carbonyl (C=O) groups excluding carboxylic acids is 1. The number of nitrogens with zero attached hydrogens (tertiary/aromatic N) is 3. The lowest BCUT2D eigenvalue weighted by atomic mass is 10.2. The van der Waals surface area contributed by atoms with Gasteiger partial charge in [0.1, 0.15) is 22.1 Å². The summed E-state index contributed by atoms with van der Waals surface area (Å²) in [5, 5.41) is 3.56. The molecule has 0 aliphatic heterocycles. The highest BCUT2D eigenvalue weighted by molar-refractivity contribution is 7.18. The molecule has 0 spiro atoms. The summed E-state index contributed by atoms with van der Waals surface area (Å²) in [6, 6.07) is 1.65. The Morgan fingerprint density at radius 2 is 2.00 bits per heavy atom. The summed E-state index contributed by atoms with van der Waals surface area (Å²) < 4.78 is 44.0. The van der Waals surface area contributed by atoms with Crippen molar-refractivity contribution in [1.82, 2.24) is 15.3 Å². The van der Waals surface area contributed by atoms with Crippen molar-refractivity contribution < 1.29 is 22.7 Å². The van der Waals surface area contributed by atoms with Gasteiger partial charge in [-0.1, -0.05) is 6.92 Å². The number of alkyl carbamates (subject to hydrolysis) is 1. The monoisotopic (exact) mass is 458 g/mol. The molecule has 3 rings (SSSR count). The van der Waals surface area contributed by atoms with Crippen LogP contribution in [0.25, 0.3) is 10.2 Å². The molecular formula is C21H29F3N4O2S. The molecule has 1 aliphatic carbocycles. The predicted octanol–water partition coefficient (Wildman–Crippen LogP) is 5.24. The van der Waals surface area contributed by atoms with Crippen LogP contribution in [0.2, 0.25) is 0 Å². The van der Waals surface area contributed by atoms with Gasteiger partial charge in [0, 0.05) is 30.4 Å². The Labute approximate surface area is 184 Å². The highest BCUT2D eigenvalue weighted by atomic mass is 32.1. The van der Waals surface area contributed by atoms with E-state index >= 15 is 0 Å². The molecule has 0 unspecified atom stereocenters. The van der Waals surface area contributed by atoms with E-state index in [1.165, 1.54) is 0 Å². The Bertz CT molecular complexity index is 939. The van der Waals surface area contributed by atoms with Gasteiger partial charge in [0.05, 0.1) is 11.8 Å². The normalized spacial score (nSPS) is 19.6. The SMILES string of the molecule is CCc1nc(N(C)[C@@H]2CC[C@H](NC(=O)OC(C)(C)C)C2)c2cc(CC(F)(F)F)sc2n1. The number of fused-ring (bicyclic) bond motifs is 1. The Balaban J connectivity index is 1.78. The lowest BCUT2D eigenvalue weighted by Crippen LogP contribution is -2.39. The van der Waals surface area contributed by atoms with Gasteiger partial charge in [0.15, 0.2) is 0 Å². The molecule has 10 heteroatoms. The van der Waals surface area contributed by atoms with Crippen molar-refractivity contribution in [2.75, 3.05) is 11.9 Å². The minimum atomic E-state index is -4.26. The van der Waals surface area contributed by atoms with Crippen molar-refractivity contribution in [2.45, 2.75) is 83.7 Å². The molecule has 1 N–H and O–H groups in total. The maximum atomic E-state index is 12.9. The number of aryl methyl sites for hydroxylation is 1. The molecule has 0 saturated heterocycles. The quantitative estimate of drug-likeness (QED) is 0.664. The second kappa shape index (κ2) is 8.80. The van der Waals surface area contributed by atoms with Crippen LogP contribution in [0, 0.1) is 0 Å². The van der Waals surface area contributed by atoms with E-state index in [1.54, 1.807) is 6.07 Å². The van der Waals surface area contributed by atoms with E-state index in [9.17, 15) is 18.0 Å². The number of aromatic nitrogens is 2. The first kappa shape index (κ1) is 23.6. The number of ether oxygens (including phenoxy) is 1. The van der Waals surface area contributed by atoms with Crippen LogP contribution in [0.15, 0.2) is 6.07 Å². The average Bonchev–Trinajstić information content (AvgIpc) is 3.23. The van der Waals surface area contributed by atoms with Gasteiger partial charge in [-0.3, -0.25) is 0 Å². The topological polar surface area (TPSA) is 67.4 Å². The Kier molecular flexibility index (Phi) is 6.69. The fourth-order valence-corrected chi connectivity index (χ4v) is 4.87. The maximum Gasteiger partial charge on any atom is 0.407 e. The predicted molar refractivity (Wildman–Crippen MR) is 116 cm³/mol. The van der Waals surface area contributed by atoms with Gasteiger partial charge in [-0.05, 0) is 46.1 Å². The summed E-state index contributed by atoms with van der Waals surface area (Å²) in [6.45, 7) is 7.37. The van der Waals surface area contributed by atoms with Gasteiger partial charge in [0.25, 0.3) is 0 Å². The van der Waals surface area contributed by atoms with E-state index in [0.717, 1.165) is 24.2 Å². The van der Waals surface area contributed by atoms with E-state index in [4.69, 9.17) is 4.74 Å². The third kappa shape index (κ3) is 6.21. The highest BCUT2D eigenvalue weighted by Crippen LogP contribution is 2.36. The standard InChI is InChI=1S/C21H29F3N4O2S/c1-6-16-26-17(15-10-14(11-21(22,23)24)31-18(15)27-16)28(5)13-8-7-12(9-13)25-19(29)30-20(2,3)4/h10,12-13H,6-9,11H2,1-5H3,(H,25,29)/t12-,13+/m0/s1. The second-order valence-electron chi connectivity index (χ2n) is 8.96. The van der Waals surface area contributed by atoms with Crippen molar-refractivity contribution in [3.8, 4) is 0 Å². The number of halogens is 3. The van der Waals surface area contributed by atoms with Crippen LogP contribution in [0.3, 0.4) is 0 Å². The summed E-state index contributed by atoms with van der Waals surface area (Å²) in [7, 11) is 1.91. The van der Waals surface area contributed by atoms with Crippen molar-refractivity contribution in [3.63, 3.8) is 0 Å². The number of carbonyl (C=O) groups is 1. The van der Waals surface area contributed by atoms with Crippen LogP contribution < -0.4 is 10.2 Å². The van der Waals surface area contributed by atoms with Gasteiger partial charge in [-0.15, -0.1) is 11.3 Å². The molecule has 2 aromatic rings. The highest BCUT2D eigenvalue weighted by Gasteiger charge is 2.33. The molecule has 2 atom stereocenters. The smallest absolute Gasteiger partial charge is 0.407 e. The first-order valence-corrected chi connectivity index (χ1v) is 11.2. The van der Waals surface area contributed by atoms with Crippen LogP contribution in [0.5, 0.6) is 0 Å². The zero-order valence-corrected chi connectivity index (χ0v) is 19.3. The molecule has 172 valence electrons. The zero-order valence-electron chi connectivity index (χ0n) is 18.5. The van der Waals surface area contributed by atoms with E-state index in [0.29, 0.717) is 34.7 Å². The summed E-state index contributed by atoms with van der Waals surface area (Å²) >= 11 is 1.07. The largest absolute Gasteiger partial charge is 0.444 e. The summed E-state index contributed by atoms with van der Waals surface area (Å²) in [5.41, 5.74) is -0.560. The van der Waals surface area contributed by atoms with Crippen molar-refractivity contribution in [2.24, 2.45) is 0 Å². The number of alkyl halides is 3. The minimum Gasteiger partial charge on any atom is -0.444 e. The first-order valence-electron chi connectivity index (χ1n) is 10.4. The number of hydrogen-bond acceptors (Lipinski definition) is 6. The molecule has 6 nitrogen and oxygen atoms in total. The van der Waals surface area contributed by atoms with Crippen LogP contribution >= 0.6 is 11.3 Å². The molecule has 0 radical (unpaired) electrons. The number of amides is 1. The Morgan fingerprint density at radius 1 is 1.29 bits per heavy atom. The van der Waals surface area contributed by atoms with Gasteiger partial charge < -0.3 is 15.0 Å². The Morgan fingerprint density at radius 3 is 2.61 bits per heavy atom. The summed E-state index contributed by atoms with van der Waals surface area (Å²) in [4.78, 5) is 24.0. The fraction of sp³-hybridized carbons (Fsp3) is 0.667. The summed E-state index contributed by atoms with van der Waals surface area (Å²) in [5.74, 6) is 1.26. The van der Waals surface area contributed by atoms with Crippen molar-refractivity contribution >= 4 is 33.5 Å². The van der Waals surface area contributed by atoms with Crippen LogP contribution in [0.1, 0.15) is 57.7 Å². The maximum absolute atomic E-state index is 12.9. The molecular weight excluding hydrogens is 429 g/mol. The van der Waals surface area contributed by atoms with Gasteiger partial charge in [-0.2, -0.15) is 13.2 Å². The van der Waals surface area contributed by atoms with E-state index in [2.05, 4.69) is 15.3 Å². The molecule has 0 aromatic carbocycles. The number of thiophene rings is 1. The number of rotatable bonds is 5. The zero-order chi connectivity index (χ0) is 23.0. The third-order valence-corrected chi connectivity index (χ3v) is 6.20. The first-order chi connectivity index (χ1) is 14.3. The van der Waals surface area contributed by atoms with E-state index in [1.807, 2.05) is 39.6 Å². The summed E-state index contributed by atoms with van der Waals surface area (Å²) in [6.07, 6.45) is -2.73. The van der Waals surface area contributed by atoms with Crippen LogP contribution in [-0.2, 0) is 17.6 Å².